The van der Waals surface area contributed by atoms with E-state index in [0.29, 0.717) is 12.6 Å². The van der Waals surface area contributed by atoms with Crippen LogP contribution in [0.2, 0.25) is 0 Å². The molecule has 1 saturated carbocycles. The van der Waals surface area contributed by atoms with E-state index in [1.807, 2.05) is 18.2 Å². The van der Waals surface area contributed by atoms with Gasteiger partial charge >= 0.3 is 0 Å². The van der Waals surface area contributed by atoms with Crippen LogP contribution in [-0.4, -0.2) is 35.5 Å². The molecule has 0 bridgehead atoms. The summed E-state index contributed by atoms with van der Waals surface area (Å²) in [5, 5.41) is 3.41. The third-order valence-corrected chi connectivity index (χ3v) is 4.31. The van der Waals surface area contributed by atoms with Crippen molar-refractivity contribution in [2.75, 3.05) is 13.1 Å². The molecule has 1 unspecified atom stereocenters. The highest BCUT2D eigenvalue weighted by atomic mass is 16.1. The molecule has 1 aliphatic heterocycles. The van der Waals surface area contributed by atoms with Crippen LogP contribution in [0.1, 0.15) is 24.8 Å². The van der Waals surface area contributed by atoms with Gasteiger partial charge in [-0.25, -0.2) is 0 Å². The standard InChI is InChI=1S/C15H21N3O/c16-14(19)15(8-9-18(11-15)13-6-7-13)17-10-12-4-2-1-3-5-12/h1-5,13,17H,6-11H2,(H2,16,19). The summed E-state index contributed by atoms with van der Waals surface area (Å²) in [7, 11) is 0. The van der Waals surface area contributed by atoms with Crippen LogP contribution in [0.4, 0.5) is 0 Å². The second-order valence-electron chi connectivity index (χ2n) is 5.74. The molecule has 1 atom stereocenters. The number of primary amides is 1. The van der Waals surface area contributed by atoms with Crippen molar-refractivity contribution in [2.45, 2.75) is 37.4 Å². The Bertz CT molecular complexity index is 458. The number of likely N-dealkylation sites (tertiary alicyclic amines) is 1. The van der Waals surface area contributed by atoms with Crippen molar-refractivity contribution in [3.05, 3.63) is 35.9 Å². The van der Waals surface area contributed by atoms with Gasteiger partial charge in [0, 0.05) is 25.7 Å². The SMILES string of the molecule is NC(=O)C1(NCc2ccccc2)CCN(C2CC2)C1. The van der Waals surface area contributed by atoms with E-state index in [-0.39, 0.29) is 5.91 Å². The first kappa shape index (κ1) is 12.6. The van der Waals surface area contributed by atoms with Gasteiger partial charge < -0.3 is 5.73 Å². The van der Waals surface area contributed by atoms with Gasteiger partial charge in [0.1, 0.15) is 5.54 Å². The summed E-state index contributed by atoms with van der Waals surface area (Å²) in [4.78, 5) is 14.3. The average Bonchev–Trinajstić information content (AvgIpc) is 3.18. The molecule has 4 heteroatoms. The zero-order valence-electron chi connectivity index (χ0n) is 11.1. The summed E-state index contributed by atoms with van der Waals surface area (Å²) in [5.74, 6) is -0.216. The minimum absolute atomic E-state index is 0.216. The van der Waals surface area contributed by atoms with Crippen LogP contribution in [0.25, 0.3) is 0 Å². The Hall–Kier alpha value is -1.39. The second-order valence-corrected chi connectivity index (χ2v) is 5.74. The van der Waals surface area contributed by atoms with Gasteiger partial charge in [0.2, 0.25) is 5.91 Å². The predicted octanol–water partition coefficient (Wildman–Crippen LogP) is 0.868. The molecular formula is C15H21N3O. The van der Waals surface area contributed by atoms with Crippen molar-refractivity contribution in [1.82, 2.24) is 10.2 Å². The van der Waals surface area contributed by atoms with Crippen molar-refractivity contribution >= 4 is 5.91 Å². The normalized spacial score (nSPS) is 27.6. The molecule has 1 aliphatic carbocycles. The summed E-state index contributed by atoms with van der Waals surface area (Å²) < 4.78 is 0. The van der Waals surface area contributed by atoms with E-state index in [4.69, 9.17) is 5.73 Å². The van der Waals surface area contributed by atoms with E-state index in [1.54, 1.807) is 0 Å². The third kappa shape index (κ3) is 2.65. The van der Waals surface area contributed by atoms with E-state index < -0.39 is 5.54 Å². The number of hydrogen-bond acceptors (Lipinski definition) is 3. The van der Waals surface area contributed by atoms with Crippen molar-refractivity contribution in [1.29, 1.82) is 0 Å². The molecule has 0 spiro atoms. The summed E-state index contributed by atoms with van der Waals surface area (Å²) in [6, 6.07) is 10.8. The highest BCUT2D eigenvalue weighted by Gasteiger charge is 2.46. The molecule has 1 aromatic rings. The number of hydrogen-bond donors (Lipinski definition) is 2. The minimum atomic E-state index is -0.543. The van der Waals surface area contributed by atoms with Gasteiger partial charge in [0.05, 0.1) is 0 Å². The van der Waals surface area contributed by atoms with Gasteiger partial charge in [0.25, 0.3) is 0 Å². The van der Waals surface area contributed by atoms with E-state index in [1.165, 1.54) is 18.4 Å². The maximum atomic E-state index is 11.9. The van der Waals surface area contributed by atoms with Crippen LogP contribution in [0.3, 0.4) is 0 Å². The Labute approximate surface area is 114 Å². The van der Waals surface area contributed by atoms with Gasteiger partial charge in [-0.1, -0.05) is 30.3 Å². The third-order valence-electron chi connectivity index (χ3n) is 4.31. The largest absolute Gasteiger partial charge is 0.368 e. The van der Waals surface area contributed by atoms with Gasteiger partial charge in [0.15, 0.2) is 0 Å². The first-order valence-corrected chi connectivity index (χ1v) is 7.02. The fourth-order valence-electron chi connectivity index (χ4n) is 2.89. The fraction of sp³-hybridized carbons (Fsp3) is 0.533. The second kappa shape index (κ2) is 4.94. The summed E-state index contributed by atoms with van der Waals surface area (Å²) in [6.45, 7) is 2.44. The van der Waals surface area contributed by atoms with Crippen LogP contribution in [-0.2, 0) is 11.3 Å². The van der Waals surface area contributed by atoms with Crippen molar-refractivity contribution in [2.24, 2.45) is 5.73 Å². The number of benzene rings is 1. The Balaban J connectivity index is 1.66. The molecule has 102 valence electrons. The van der Waals surface area contributed by atoms with Crippen LogP contribution in [0, 0.1) is 0 Å². The molecule has 1 amide bonds. The quantitative estimate of drug-likeness (QED) is 0.825. The van der Waals surface area contributed by atoms with E-state index in [9.17, 15) is 4.79 Å². The summed E-state index contributed by atoms with van der Waals surface area (Å²) >= 11 is 0. The average molecular weight is 259 g/mol. The zero-order chi connectivity index (χ0) is 13.3. The van der Waals surface area contributed by atoms with Gasteiger partial charge in [-0.2, -0.15) is 0 Å². The number of nitrogens with one attached hydrogen (secondary N) is 1. The van der Waals surface area contributed by atoms with Crippen molar-refractivity contribution < 1.29 is 4.79 Å². The smallest absolute Gasteiger partial charge is 0.239 e. The zero-order valence-corrected chi connectivity index (χ0v) is 11.1. The lowest BCUT2D eigenvalue weighted by atomic mass is 9.97. The van der Waals surface area contributed by atoms with E-state index in [2.05, 4.69) is 22.3 Å². The molecule has 3 rings (SSSR count). The molecule has 19 heavy (non-hydrogen) atoms. The van der Waals surface area contributed by atoms with Crippen molar-refractivity contribution in [3.63, 3.8) is 0 Å². The van der Waals surface area contributed by atoms with Crippen LogP contribution in [0.15, 0.2) is 30.3 Å². The number of nitrogens with two attached hydrogens (primary N) is 1. The number of amides is 1. The number of nitrogens with zero attached hydrogens (tertiary/aromatic N) is 1. The summed E-state index contributed by atoms with van der Waals surface area (Å²) in [6.07, 6.45) is 3.37. The van der Waals surface area contributed by atoms with Crippen LogP contribution >= 0.6 is 0 Å². The maximum absolute atomic E-state index is 11.9. The fourth-order valence-corrected chi connectivity index (χ4v) is 2.89. The molecule has 1 heterocycles. The molecule has 3 N–H and O–H groups in total. The Morgan fingerprint density at radius 2 is 2.11 bits per heavy atom. The number of rotatable bonds is 5. The lowest BCUT2D eigenvalue weighted by molar-refractivity contribution is -0.124. The molecule has 4 nitrogen and oxygen atoms in total. The predicted molar refractivity (Wildman–Crippen MR) is 74.4 cm³/mol. The Morgan fingerprint density at radius 1 is 1.37 bits per heavy atom. The molecule has 1 aromatic carbocycles. The molecule has 0 radical (unpaired) electrons. The number of carbonyl (C=O) groups is 1. The molecular weight excluding hydrogens is 238 g/mol. The van der Waals surface area contributed by atoms with Gasteiger partial charge in [-0.05, 0) is 24.8 Å². The van der Waals surface area contributed by atoms with Crippen LogP contribution in [0.5, 0.6) is 0 Å². The topological polar surface area (TPSA) is 58.4 Å². The highest BCUT2D eigenvalue weighted by molar-refractivity contribution is 5.85. The summed E-state index contributed by atoms with van der Waals surface area (Å²) in [5.41, 5.74) is 6.30. The monoisotopic (exact) mass is 259 g/mol. The van der Waals surface area contributed by atoms with Gasteiger partial charge in [-0.3, -0.25) is 15.0 Å². The molecule has 0 aromatic heterocycles. The first-order chi connectivity index (χ1) is 9.20. The van der Waals surface area contributed by atoms with Gasteiger partial charge in [-0.15, -0.1) is 0 Å². The first-order valence-electron chi connectivity index (χ1n) is 7.02. The lowest BCUT2D eigenvalue weighted by Crippen LogP contribution is -2.57. The molecule has 2 aliphatic rings. The lowest BCUT2D eigenvalue weighted by Gasteiger charge is -2.27. The Kier molecular flexibility index (Phi) is 3.29. The highest BCUT2D eigenvalue weighted by Crippen LogP contribution is 2.33. The molecule has 2 fully saturated rings. The van der Waals surface area contributed by atoms with Crippen molar-refractivity contribution in [3.8, 4) is 0 Å². The van der Waals surface area contributed by atoms with Crippen LogP contribution < -0.4 is 11.1 Å². The minimum Gasteiger partial charge on any atom is -0.368 e. The Morgan fingerprint density at radius 3 is 2.74 bits per heavy atom. The van der Waals surface area contributed by atoms with E-state index >= 15 is 0 Å². The van der Waals surface area contributed by atoms with E-state index in [0.717, 1.165) is 19.5 Å². The molecule has 1 saturated heterocycles. The number of carbonyl (C=O) groups excluding carboxylic acids is 1. The maximum Gasteiger partial charge on any atom is 0.239 e.